The minimum atomic E-state index is -0.960. The molecule has 3 atom stereocenters. The van der Waals surface area contributed by atoms with Crippen LogP contribution in [-0.4, -0.2) is 36.2 Å². The predicted molar refractivity (Wildman–Crippen MR) is 76.0 cm³/mol. The van der Waals surface area contributed by atoms with E-state index in [1.165, 1.54) is 0 Å². The van der Waals surface area contributed by atoms with Crippen molar-refractivity contribution in [3.05, 3.63) is 35.9 Å². The van der Waals surface area contributed by atoms with Gasteiger partial charge in [-0.2, -0.15) is 0 Å². The summed E-state index contributed by atoms with van der Waals surface area (Å²) in [6, 6.07) is 9.58. The van der Waals surface area contributed by atoms with Gasteiger partial charge in [0.1, 0.15) is 6.17 Å². The van der Waals surface area contributed by atoms with Gasteiger partial charge in [-0.25, -0.2) is 4.39 Å². The summed E-state index contributed by atoms with van der Waals surface area (Å²) in [5, 5.41) is 0. The van der Waals surface area contributed by atoms with Gasteiger partial charge < -0.3 is 4.74 Å². The van der Waals surface area contributed by atoms with E-state index < -0.39 is 12.1 Å². The van der Waals surface area contributed by atoms with Crippen molar-refractivity contribution < 1.29 is 13.9 Å². The third-order valence-corrected chi connectivity index (χ3v) is 3.88. The van der Waals surface area contributed by atoms with Crippen molar-refractivity contribution in [1.82, 2.24) is 4.90 Å². The number of hydrogen-bond acceptors (Lipinski definition) is 3. The molecule has 1 saturated heterocycles. The minimum absolute atomic E-state index is 0.305. The Hall–Kier alpha value is -1.42. The van der Waals surface area contributed by atoms with Gasteiger partial charge in [0.25, 0.3) is 0 Å². The number of likely N-dealkylation sites (tertiary alicyclic amines) is 1. The minimum Gasteiger partial charge on any atom is -0.466 e. The number of rotatable bonds is 5. The first-order chi connectivity index (χ1) is 9.63. The van der Waals surface area contributed by atoms with Crippen molar-refractivity contribution >= 4 is 5.97 Å². The highest BCUT2D eigenvalue weighted by molar-refractivity contribution is 5.73. The lowest BCUT2D eigenvalue weighted by Crippen LogP contribution is -2.42. The Morgan fingerprint density at radius 1 is 1.45 bits per heavy atom. The topological polar surface area (TPSA) is 29.5 Å². The Morgan fingerprint density at radius 2 is 2.15 bits per heavy atom. The average Bonchev–Trinajstić information content (AvgIpc) is 2.80. The highest BCUT2D eigenvalue weighted by atomic mass is 19.1. The monoisotopic (exact) mass is 279 g/mol. The summed E-state index contributed by atoms with van der Waals surface area (Å²) in [4.78, 5) is 13.9. The number of alkyl halides is 1. The summed E-state index contributed by atoms with van der Waals surface area (Å²) in [6.45, 7) is 5.23. The summed E-state index contributed by atoms with van der Waals surface area (Å²) in [7, 11) is 0. The largest absolute Gasteiger partial charge is 0.466 e. The lowest BCUT2D eigenvalue weighted by atomic mass is 9.98. The molecule has 4 heteroatoms. The van der Waals surface area contributed by atoms with E-state index in [4.69, 9.17) is 4.74 Å². The molecule has 2 rings (SSSR count). The molecule has 20 heavy (non-hydrogen) atoms. The molecular weight excluding hydrogens is 257 g/mol. The maximum Gasteiger partial charge on any atom is 0.310 e. The maximum atomic E-state index is 14.1. The molecule has 0 radical (unpaired) electrons. The zero-order chi connectivity index (χ0) is 14.5. The van der Waals surface area contributed by atoms with E-state index in [-0.39, 0.29) is 12.0 Å². The van der Waals surface area contributed by atoms with Gasteiger partial charge in [0, 0.05) is 13.1 Å². The Morgan fingerprint density at radius 3 is 2.80 bits per heavy atom. The third-order valence-electron chi connectivity index (χ3n) is 3.88. The molecule has 0 unspecified atom stereocenters. The molecule has 110 valence electrons. The van der Waals surface area contributed by atoms with Crippen LogP contribution in [0, 0.1) is 5.92 Å². The molecule has 0 bridgehead atoms. The molecule has 0 aliphatic carbocycles. The van der Waals surface area contributed by atoms with Crippen molar-refractivity contribution in [1.29, 1.82) is 0 Å². The first kappa shape index (κ1) is 15.0. The third kappa shape index (κ3) is 3.37. The van der Waals surface area contributed by atoms with E-state index in [1.807, 2.05) is 30.3 Å². The van der Waals surface area contributed by atoms with Gasteiger partial charge >= 0.3 is 5.97 Å². The molecule has 1 aromatic carbocycles. The van der Waals surface area contributed by atoms with Gasteiger partial charge in [-0.3, -0.25) is 9.69 Å². The van der Waals surface area contributed by atoms with Crippen LogP contribution in [0.25, 0.3) is 0 Å². The molecule has 1 aliphatic heterocycles. The van der Waals surface area contributed by atoms with Gasteiger partial charge in [-0.15, -0.1) is 0 Å². The van der Waals surface area contributed by atoms with Gasteiger partial charge in [0.15, 0.2) is 0 Å². The number of esters is 1. The van der Waals surface area contributed by atoms with Gasteiger partial charge in [-0.05, 0) is 18.9 Å². The van der Waals surface area contributed by atoms with E-state index in [0.29, 0.717) is 26.1 Å². The summed E-state index contributed by atoms with van der Waals surface area (Å²) >= 11 is 0. The van der Waals surface area contributed by atoms with Crippen LogP contribution >= 0.6 is 0 Å². The molecule has 1 fully saturated rings. The van der Waals surface area contributed by atoms with Crippen LogP contribution in [0.3, 0.4) is 0 Å². The normalized spacial score (nSPS) is 24.6. The molecule has 1 aliphatic rings. The second-order valence-electron chi connectivity index (χ2n) is 5.29. The van der Waals surface area contributed by atoms with Crippen molar-refractivity contribution in [2.24, 2.45) is 5.92 Å². The van der Waals surface area contributed by atoms with Crippen LogP contribution < -0.4 is 0 Å². The Kier molecular flexibility index (Phi) is 5.12. The van der Waals surface area contributed by atoms with Gasteiger partial charge in [0.05, 0.1) is 18.6 Å². The summed E-state index contributed by atoms with van der Waals surface area (Å²) in [5.41, 5.74) is 1.14. The zero-order valence-corrected chi connectivity index (χ0v) is 12.1. The molecule has 0 N–H and O–H groups in total. The number of nitrogens with zero attached hydrogens (tertiary/aromatic N) is 1. The smallest absolute Gasteiger partial charge is 0.310 e. The fraction of sp³-hybridized carbons (Fsp3) is 0.562. The summed E-state index contributed by atoms with van der Waals surface area (Å²) < 4.78 is 19.2. The SMILES string of the molecule is CCOC(=O)[C@@H](C)[C@@H]1[C@@H](F)CCN1Cc1ccccc1. The van der Waals surface area contributed by atoms with Crippen molar-refractivity contribution in [2.75, 3.05) is 13.2 Å². The number of hydrogen-bond donors (Lipinski definition) is 0. The fourth-order valence-electron chi connectivity index (χ4n) is 2.88. The quantitative estimate of drug-likeness (QED) is 0.776. The maximum absolute atomic E-state index is 14.1. The van der Waals surface area contributed by atoms with Crippen LogP contribution in [0.5, 0.6) is 0 Å². The van der Waals surface area contributed by atoms with Crippen molar-refractivity contribution in [3.8, 4) is 0 Å². The zero-order valence-electron chi connectivity index (χ0n) is 12.1. The molecule has 0 saturated carbocycles. The number of carbonyl (C=O) groups is 1. The van der Waals surface area contributed by atoms with Crippen molar-refractivity contribution in [2.45, 2.75) is 39.0 Å². The number of carbonyl (C=O) groups excluding carboxylic acids is 1. The van der Waals surface area contributed by atoms with Gasteiger partial charge in [0.2, 0.25) is 0 Å². The van der Waals surface area contributed by atoms with Crippen LogP contribution in [0.1, 0.15) is 25.8 Å². The first-order valence-electron chi connectivity index (χ1n) is 7.22. The summed E-state index contributed by atoms with van der Waals surface area (Å²) in [5.74, 6) is -0.740. The van der Waals surface area contributed by atoms with Crippen LogP contribution in [0.4, 0.5) is 4.39 Å². The van der Waals surface area contributed by atoms with Gasteiger partial charge in [-0.1, -0.05) is 37.3 Å². The van der Waals surface area contributed by atoms with Crippen LogP contribution in [-0.2, 0) is 16.1 Å². The average molecular weight is 279 g/mol. The highest BCUT2D eigenvalue weighted by Crippen LogP contribution is 2.29. The lowest BCUT2D eigenvalue weighted by molar-refractivity contribution is -0.150. The lowest BCUT2D eigenvalue weighted by Gasteiger charge is -2.29. The molecule has 0 spiro atoms. The molecule has 3 nitrogen and oxygen atoms in total. The number of benzene rings is 1. The standard InChI is InChI=1S/C16H22FNO2/c1-3-20-16(19)12(2)15-14(17)9-10-18(15)11-13-7-5-4-6-8-13/h4-8,12,14-15H,3,9-11H2,1-2H3/t12-,14-,15+/m0/s1. The molecular formula is C16H22FNO2. The first-order valence-corrected chi connectivity index (χ1v) is 7.22. The Labute approximate surface area is 119 Å². The summed E-state index contributed by atoms with van der Waals surface area (Å²) in [6.07, 6.45) is -0.473. The number of ether oxygens (including phenoxy) is 1. The fourth-order valence-corrected chi connectivity index (χ4v) is 2.88. The van der Waals surface area contributed by atoms with Crippen molar-refractivity contribution in [3.63, 3.8) is 0 Å². The van der Waals surface area contributed by atoms with E-state index in [1.54, 1.807) is 13.8 Å². The van der Waals surface area contributed by atoms with E-state index in [0.717, 1.165) is 5.56 Å². The predicted octanol–water partition coefficient (Wildman–Crippen LogP) is 2.80. The Balaban J connectivity index is 2.06. The second kappa shape index (κ2) is 6.84. The molecule has 0 amide bonds. The Bertz CT molecular complexity index is 437. The van der Waals surface area contributed by atoms with E-state index >= 15 is 0 Å². The van der Waals surface area contributed by atoms with Crippen LogP contribution in [0.2, 0.25) is 0 Å². The molecule has 0 aromatic heterocycles. The molecule has 1 heterocycles. The van der Waals surface area contributed by atoms with E-state index in [9.17, 15) is 9.18 Å². The van der Waals surface area contributed by atoms with E-state index in [2.05, 4.69) is 4.90 Å². The molecule has 1 aromatic rings. The number of halogens is 1. The van der Waals surface area contributed by atoms with Crippen LogP contribution in [0.15, 0.2) is 30.3 Å². The highest BCUT2D eigenvalue weighted by Gasteiger charge is 2.41. The second-order valence-corrected chi connectivity index (χ2v) is 5.29.